The van der Waals surface area contributed by atoms with Gasteiger partial charge in [-0.2, -0.15) is 0 Å². The van der Waals surface area contributed by atoms with Crippen molar-refractivity contribution in [1.82, 2.24) is 0 Å². The van der Waals surface area contributed by atoms with Crippen LogP contribution in [0.5, 0.6) is 5.75 Å². The summed E-state index contributed by atoms with van der Waals surface area (Å²) in [5.41, 5.74) is 5.66. The van der Waals surface area contributed by atoms with Gasteiger partial charge in [0, 0.05) is 17.9 Å². The maximum absolute atomic E-state index is 6.04. The van der Waals surface area contributed by atoms with Gasteiger partial charge in [-0.05, 0) is 18.9 Å². The summed E-state index contributed by atoms with van der Waals surface area (Å²) in [6.45, 7) is 0.544. The third kappa shape index (κ3) is 3.41. The molecule has 0 aliphatic heterocycles. The molecule has 0 radical (unpaired) electrons. The van der Waals surface area contributed by atoms with Crippen molar-refractivity contribution in [1.29, 1.82) is 0 Å². The van der Waals surface area contributed by atoms with E-state index in [1.165, 1.54) is 0 Å². The second-order valence-corrected chi connectivity index (χ2v) is 6.37. The van der Waals surface area contributed by atoms with Gasteiger partial charge in [-0.3, -0.25) is 0 Å². The van der Waals surface area contributed by atoms with Crippen molar-refractivity contribution in [3.8, 4) is 5.75 Å². The van der Waals surface area contributed by atoms with Gasteiger partial charge in [0.2, 0.25) is 0 Å². The molecule has 0 spiro atoms. The molecule has 0 heterocycles. The molecule has 0 unspecified atom stereocenters. The predicted molar refractivity (Wildman–Crippen MR) is 80.0 cm³/mol. The number of hydrogen-bond acceptors (Lipinski definition) is 2. The number of hydrogen-bond donors (Lipinski definition) is 1. The number of ether oxygens (including phenoxy) is 1. The summed E-state index contributed by atoms with van der Waals surface area (Å²) in [5.74, 6) is 0.542. The van der Waals surface area contributed by atoms with E-state index in [9.17, 15) is 0 Å². The Morgan fingerprint density at radius 3 is 2.39 bits per heavy atom. The molecular formula is C12H12Cl3NOS. The molecule has 0 bridgehead atoms. The van der Waals surface area contributed by atoms with Gasteiger partial charge < -0.3 is 10.5 Å². The number of rotatable bonds is 5. The minimum atomic E-state index is 0.0846. The van der Waals surface area contributed by atoms with E-state index in [0.717, 1.165) is 12.8 Å². The van der Waals surface area contributed by atoms with Crippen molar-refractivity contribution >= 4 is 52.0 Å². The van der Waals surface area contributed by atoms with Gasteiger partial charge >= 0.3 is 0 Å². The smallest absolute Gasteiger partial charge is 0.139 e. The molecule has 0 saturated heterocycles. The fourth-order valence-corrected chi connectivity index (χ4v) is 2.66. The molecule has 2 rings (SSSR count). The summed E-state index contributed by atoms with van der Waals surface area (Å²) in [4.78, 5) is 0.524. The van der Waals surface area contributed by atoms with Crippen LogP contribution in [0, 0.1) is 5.41 Å². The molecule has 1 aromatic rings. The van der Waals surface area contributed by atoms with Crippen LogP contribution in [0.25, 0.3) is 0 Å². The summed E-state index contributed by atoms with van der Waals surface area (Å²) in [7, 11) is 0. The van der Waals surface area contributed by atoms with E-state index < -0.39 is 0 Å². The number of thiocarbonyl (C=S) groups is 1. The van der Waals surface area contributed by atoms with Crippen LogP contribution in [0.3, 0.4) is 0 Å². The van der Waals surface area contributed by atoms with Gasteiger partial charge in [0.05, 0.1) is 26.7 Å². The first-order valence-electron chi connectivity index (χ1n) is 5.48. The summed E-state index contributed by atoms with van der Waals surface area (Å²) < 4.78 is 5.71. The molecule has 1 aliphatic rings. The normalized spacial score (nSPS) is 16.4. The molecule has 1 saturated carbocycles. The topological polar surface area (TPSA) is 35.2 Å². The second-order valence-electron chi connectivity index (χ2n) is 4.63. The third-order valence-corrected chi connectivity index (χ3v) is 4.18. The Labute approximate surface area is 126 Å². The van der Waals surface area contributed by atoms with Gasteiger partial charge in [-0.1, -0.05) is 47.0 Å². The van der Waals surface area contributed by atoms with Crippen LogP contribution in [-0.4, -0.2) is 11.6 Å². The second kappa shape index (κ2) is 5.41. The van der Waals surface area contributed by atoms with Crippen LogP contribution in [0.1, 0.15) is 19.3 Å². The summed E-state index contributed by atoms with van der Waals surface area (Å²) in [5, 5.41) is 1.30. The van der Waals surface area contributed by atoms with Gasteiger partial charge in [-0.15, -0.1) is 0 Å². The van der Waals surface area contributed by atoms with Crippen LogP contribution >= 0.6 is 47.0 Å². The predicted octanol–water partition coefficient (Wildman–Crippen LogP) is 4.48. The fraction of sp³-hybridized carbons (Fsp3) is 0.417. The largest absolute Gasteiger partial charge is 0.491 e. The van der Waals surface area contributed by atoms with E-state index in [0.29, 0.717) is 38.8 Å². The molecule has 0 atom stereocenters. The van der Waals surface area contributed by atoms with Crippen molar-refractivity contribution in [2.45, 2.75) is 19.3 Å². The Hall–Kier alpha value is -0.220. The Morgan fingerprint density at radius 1 is 1.22 bits per heavy atom. The highest BCUT2D eigenvalue weighted by Crippen LogP contribution is 2.49. The van der Waals surface area contributed by atoms with Crippen LogP contribution in [0.15, 0.2) is 12.1 Å². The first kappa shape index (κ1) is 14.2. The lowest BCUT2D eigenvalue weighted by Crippen LogP contribution is -2.21. The minimum Gasteiger partial charge on any atom is -0.491 e. The van der Waals surface area contributed by atoms with Gasteiger partial charge in [0.1, 0.15) is 5.75 Å². The molecule has 0 aromatic heterocycles. The van der Waals surface area contributed by atoms with E-state index in [2.05, 4.69) is 0 Å². The van der Waals surface area contributed by atoms with Crippen LogP contribution < -0.4 is 10.5 Å². The SMILES string of the molecule is NC(=S)CC1(COc2cc(Cl)c(Cl)cc2Cl)CC1. The lowest BCUT2D eigenvalue weighted by atomic mass is 10.0. The zero-order chi connectivity index (χ0) is 13.3. The molecule has 98 valence electrons. The molecule has 6 heteroatoms. The van der Waals surface area contributed by atoms with Crippen LogP contribution in [0.4, 0.5) is 0 Å². The monoisotopic (exact) mass is 323 g/mol. The molecule has 2 nitrogen and oxygen atoms in total. The summed E-state index contributed by atoms with van der Waals surface area (Å²) in [6, 6.07) is 3.21. The van der Waals surface area contributed by atoms with Crippen LogP contribution in [0.2, 0.25) is 15.1 Å². The Bertz CT molecular complexity index is 488. The molecule has 1 fully saturated rings. The highest BCUT2D eigenvalue weighted by Gasteiger charge is 2.44. The van der Waals surface area contributed by atoms with Crippen molar-refractivity contribution in [3.05, 3.63) is 27.2 Å². The molecule has 18 heavy (non-hydrogen) atoms. The van der Waals surface area contributed by atoms with E-state index in [4.69, 9.17) is 57.5 Å². The maximum atomic E-state index is 6.04. The lowest BCUT2D eigenvalue weighted by Gasteiger charge is -2.16. The minimum absolute atomic E-state index is 0.0846. The highest BCUT2D eigenvalue weighted by atomic mass is 35.5. The van der Waals surface area contributed by atoms with E-state index in [-0.39, 0.29) is 5.41 Å². The standard InChI is InChI=1S/C12H12Cl3NOS/c13-7-3-9(15)10(4-8(7)14)17-6-12(1-2-12)5-11(16)18/h3-4H,1-2,5-6H2,(H2,16,18). The Balaban J connectivity index is 2.03. The third-order valence-electron chi connectivity index (χ3n) is 3.02. The van der Waals surface area contributed by atoms with Crippen molar-refractivity contribution < 1.29 is 4.74 Å². The molecule has 1 aromatic carbocycles. The average Bonchev–Trinajstić information content (AvgIpc) is 3.01. The van der Waals surface area contributed by atoms with E-state index >= 15 is 0 Å². The molecular weight excluding hydrogens is 313 g/mol. The van der Waals surface area contributed by atoms with Crippen molar-refractivity contribution in [3.63, 3.8) is 0 Å². The van der Waals surface area contributed by atoms with Crippen molar-refractivity contribution in [2.75, 3.05) is 6.61 Å². The lowest BCUT2D eigenvalue weighted by molar-refractivity contribution is 0.239. The van der Waals surface area contributed by atoms with Crippen molar-refractivity contribution in [2.24, 2.45) is 11.1 Å². The molecule has 0 amide bonds. The zero-order valence-corrected chi connectivity index (χ0v) is 12.6. The van der Waals surface area contributed by atoms with Gasteiger partial charge in [0.25, 0.3) is 0 Å². The quantitative estimate of drug-likeness (QED) is 0.640. The molecule has 2 N–H and O–H groups in total. The van der Waals surface area contributed by atoms with E-state index in [1.807, 2.05) is 0 Å². The van der Waals surface area contributed by atoms with Gasteiger partial charge in [0.15, 0.2) is 0 Å². The number of nitrogens with two attached hydrogens (primary N) is 1. The van der Waals surface area contributed by atoms with Gasteiger partial charge in [-0.25, -0.2) is 0 Å². The van der Waals surface area contributed by atoms with E-state index in [1.54, 1.807) is 12.1 Å². The summed E-state index contributed by atoms with van der Waals surface area (Å²) >= 11 is 22.7. The number of halogens is 3. The maximum Gasteiger partial charge on any atom is 0.139 e. The Morgan fingerprint density at radius 2 is 1.83 bits per heavy atom. The summed E-state index contributed by atoms with van der Waals surface area (Å²) in [6.07, 6.45) is 2.85. The average molecular weight is 325 g/mol. The van der Waals surface area contributed by atoms with Crippen LogP contribution in [-0.2, 0) is 0 Å². The molecule has 1 aliphatic carbocycles. The highest BCUT2D eigenvalue weighted by molar-refractivity contribution is 7.80. The first-order chi connectivity index (χ1) is 8.42. The zero-order valence-electron chi connectivity index (χ0n) is 9.51. The number of benzene rings is 1. The first-order valence-corrected chi connectivity index (χ1v) is 7.02. The Kier molecular flexibility index (Phi) is 4.27. The fourth-order valence-electron chi connectivity index (χ4n) is 1.76.